The normalized spacial score (nSPS) is 33.8. The molecule has 2 heterocycles. The average Bonchev–Trinajstić information content (AvgIpc) is 3.78. The van der Waals surface area contributed by atoms with Crippen LogP contribution in [0, 0.1) is 45.6 Å². The van der Waals surface area contributed by atoms with Gasteiger partial charge in [-0.25, -0.2) is 4.90 Å². The van der Waals surface area contributed by atoms with E-state index >= 15 is 0 Å². The minimum atomic E-state index is -1.31. The fraction of sp³-hybridized carbons (Fsp3) is 0.265. The lowest BCUT2D eigenvalue weighted by Crippen LogP contribution is -2.55. The Morgan fingerprint density at radius 2 is 1.32 bits per heavy atom. The number of nitrogens with zero attached hydrogens (tertiary/aromatic N) is 4. The second-order valence-corrected chi connectivity index (χ2v) is 12.5. The highest BCUT2D eigenvalue weighted by Crippen LogP contribution is 2.64. The Hall–Kier alpha value is -5.25. The molecule has 0 N–H and O–H groups in total. The van der Waals surface area contributed by atoms with Crippen LogP contribution in [0.4, 0.5) is 11.4 Å². The predicted octanol–water partition coefficient (Wildman–Crippen LogP) is 3.94. The minimum absolute atomic E-state index is 0.0139. The number of anilines is 1. The monoisotopic (exact) mass is 584 g/mol. The van der Waals surface area contributed by atoms with E-state index in [-0.39, 0.29) is 35.0 Å². The topological polar surface area (TPSA) is 130 Å². The molecular formula is C34H24N4O6. The van der Waals surface area contributed by atoms with E-state index in [2.05, 4.69) is 5.10 Å². The number of nitro benzene ring substituents is 1. The lowest BCUT2D eigenvalue weighted by Gasteiger charge is -2.52. The number of benzene rings is 3. The van der Waals surface area contributed by atoms with Crippen molar-refractivity contribution in [2.75, 3.05) is 4.90 Å². The van der Waals surface area contributed by atoms with Gasteiger partial charge in [-0.2, -0.15) is 10.1 Å². The first kappa shape index (κ1) is 25.3. The van der Waals surface area contributed by atoms with Crippen molar-refractivity contribution in [2.45, 2.75) is 17.8 Å². The van der Waals surface area contributed by atoms with Gasteiger partial charge in [0.25, 0.3) is 17.5 Å². The number of amides is 4. The van der Waals surface area contributed by atoms with Crippen molar-refractivity contribution in [1.29, 1.82) is 0 Å². The van der Waals surface area contributed by atoms with Crippen molar-refractivity contribution in [3.63, 3.8) is 0 Å². The number of rotatable bonds is 4. The molecule has 5 aliphatic carbocycles. The summed E-state index contributed by atoms with van der Waals surface area (Å²) in [6.45, 7) is 0. The molecular weight excluding hydrogens is 560 g/mol. The Balaban J connectivity index is 1.25. The van der Waals surface area contributed by atoms with Gasteiger partial charge in [-0.05, 0) is 46.6 Å². The predicted molar refractivity (Wildman–Crippen MR) is 156 cm³/mol. The summed E-state index contributed by atoms with van der Waals surface area (Å²) in [7, 11) is 0. The standard InChI is InChI=1S/C34H24N4O6/c39-30-28-27-19-7-1-3-9-21(19)34(22-10-4-2-8-20(22)27,29(28)33(42)36(30)23-11-5-6-12-24(23)38(43)44)16-35-37-31(40)25-17-13-14-18(15-17)26(25)32(37)41/h1-14,16-18,25-29H,15H2/b35-16-/t17-,18-,25-,26+,27?,28-,29+,34?/m0/s1. The third-order valence-corrected chi connectivity index (χ3v) is 10.8. The van der Waals surface area contributed by atoms with Crippen LogP contribution in [0.15, 0.2) is 90.0 Å². The minimum Gasteiger partial charge on any atom is -0.274 e. The van der Waals surface area contributed by atoms with Crippen molar-refractivity contribution < 1.29 is 24.1 Å². The molecule has 216 valence electrons. The van der Waals surface area contributed by atoms with Crippen molar-refractivity contribution in [3.8, 4) is 0 Å². The van der Waals surface area contributed by atoms with Crippen molar-refractivity contribution in [2.24, 2.45) is 40.6 Å². The van der Waals surface area contributed by atoms with Gasteiger partial charge in [0.05, 0.1) is 34.0 Å². The van der Waals surface area contributed by atoms with Gasteiger partial charge in [0.1, 0.15) is 5.69 Å². The van der Waals surface area contributed by atoms with Gasteiger partial charge in [0.2, 0.25) is 11.8 Å². The number of carbonyl (C=O) groups is 4. The molecule has 6 atom stereocenters. The van der Waals surface area contributed by atoms with Gasteiger partial charge >= 0.3 is 0 Å². The van der Waals surface area contributed by atoms with Gasteiger partial charge < -0.3 is 0 Å². The van der Waals surface area contributed by atoms with Crippen LogP contribution in [-0.4, -0.2) is 39.8 Å². The molecule has 0 spiro atoms. The molecule has 10 rings (SSSR count). The van der Waals surface area contributed by atoms with Crippen molar-refractivity contribution >= 4 is 41.2 Å². The third-order valence-electron chi connectivity index (χ3n) is 10.8. The lowest BCUT2D eigenvalue weighted by atomic mass is 9.47. The fourth-order valence-corrected chi connectivity index (χ4v) is 9.24. The number of hydrogen-bond acceptors (Lipinski definition) is 7. The fourth-order valence-electron chi connectivity index (χ4n) is 9.24. The summed E-state index contributed by atoms with van der Waals surface area (Å²) < 4.78 is 0. The van der Waals surface area contributed by atoms with Gasteiger partial charge in [-0.15, -0.1) is 0 Å². The molecule has 2 saturated heterocycles. The zero-order chi connectivity index (χ0) is 30.1. The molecule has 0 unspecified atom stereocenters. The Morgan fingerprint density at radius 3 is 1.93 bits per heavy atom. The quantitative estimate of drug-likeness (QED) is 0.150. The van der Waals surface area contributed by atoms with Crippen LogP contribution in [0.25, 0.3) is 0 Å². The highest BCUT2D eigenvalue weighted by molar-refractivity contribution is 6.25. The number of hydrazone groups is 1. The van der Waals surface area contributed by atoms with Crippen LogP contribution in [0.3, 0.4) is 0 Å². The second-order valence-electron chi connectivity index (χ2n) is 12.5. The van der Waals surface area contributed by atoms with E-state index < -0.39 is 51.7 Å². The maximum Gasteiger partial charge on any atom is 0.293 e. The smallest absolute Gasteiger partial charge is 0.274 e. The van der Waals surface area contributed by atoms with E-state index in [4.69, 9.17) is 0 Å². The van der Waals surface area contributed by atoms with E-state index in [1.54, 1.807) is 6.07 Å². The third kappa shape index (κ3) is 2.83. The highest BCUT2D eigenvalue weighted by atomic mass is 16.6. The van der Waals surface area contributed by atoms with Gasteiger partial charge in [0.15, 0.2) is 0 Å². The van der Waals surface area contributed by atoms with E-state index in [0.717, 1.165) is 38.6 Å². The van der Waals surface area contributed by atoms with Crippen LogP contribution in [0.2, 0.25) is 0 Å². The van der Waals surface area contributed by atoms with E-state index in [9.17, 15) is 29.3 Å². The molecule has 0 aromatic heterocycles. The Bertz CT molecular complexity index is 1870. The molecule has 3 fully saturated rings. The van der Waals surface area contributed by atoms with Crippen molar-refractivity contribution in [1.82, 2.24) is 5.01 Å². The summed E-state index contributed by atoms with van der Waals surface area (Å²) in [5.74, 6) is -4.98. The molecule has 3 aromatic rings. The average molecular weight is 585 g/mol. The zero-order valence-corrected chi connectivity index (χ0v) is 23.1. The summed E-state index contributed by atoms with van der Waals surface area (Å²) in [5.41, 5.74) is 1.49. The zero-order valence-electron chi connectivity index (χ0n) is 23.1. The van der Waals surface area contributed by atoms with Crippen LogP contribution >= 0.6 is 0 Å². The molecule has 0 radical (unpaired) electrons. The van der Waals surface area contributed by atoms with Gasteiger partial charge in [-0.3, -0.25) is 29.3 Å². The number of allylic oxidation sites excluding steroid dienone is 2. The summed E-state index contributed by atoms with van der Waals surface area (Å²) in [6, 6.07) is 20.9. The highest BCUT2D eigenvalue weighted by Gasteiger charge is 2.69. The van der Waals surface area contributed by atoms with Gasteiger partial charge in [-0.1, -0.05) is 72.8 Å². The number of nitro groups is 1. The molecule has 2 aliphatic heterocycles. The molecule has 1 saturated carbocycles. The molecule has 44 heavy (non-hydrogen) atoms. The van der Waals surface area contributed by atoms with Gasteiger partial charge in [0, 0.05) is 18.2 Å². The number of carbonyl (C=O) groups excluding carboxylic acids is 4. The van der Waals surface area contributed by atoms with Crippen molar-refractivity contribution in [3.05, 3.63) is 117 Å². The summed E-state index contributed by atoms with van der Waals surface area (Å²) in [4.78, 5) is 68.5. The van der Waals surface area contributed by atoms with E-state index in [0.29, 0.717) is 0 Å². The van der Waals surface area contributed by atoms with Crippen LogP contribution in [0.1, 0.15) is 34.6 Å². The first-order valence-corrected chi connectivity index (χ1v) is 14.8. The Kier molecular flexibility index (Phi) is 4.84. The number of fused-ring (bicyclic) bond motifs is 5. The maximum absolute atomic E-state index is 14.6. The molecule has 10 nitrogen and oxygen atoms in total. The Morgan fingerprint density at radius 1 is 0.750 bits per heavy atom. The molecule has 4 bridgehead atoms. The molecule has 10 heteroatoms. The number of imide groups is 2. The maximum atomic E-state index is 14.6. The summed E-state index contributed by atoms with van der Waals surface area (Å²) in [6.07, 6.45) is 6.35. The first-order chi connectivity index (χ1) is 21.3. The van der Waals surface area contributed by atoms with E-state index in [1.165, 1.54) is 24.4 Å². The Labute approximate surface area is 250 Å². The largest absolute Gasteiger partial charge is 0.293 e. The first-order valence-electron chi connectivity index (χ1n) is 14.8. The SMILES string of the molecule is O=C1[C@@H]2[C@H](C(=O)N1/N=C\C13c4ccccc4C(c4ccccc41)[C@@H]1C(=O)N(c4ccccc4[N+](=O)[O-])C(=O)[C@@H]13)[C@H]1C=C[C@H]2C1. The van der Waals surface area contributed by atoms with Crippen LogP contribution in [-0.2, 0) is 24.6 Å². The summed E-state index contributed by atoms with van der Waals surface area (Å²) >= 11 is 0. The molecule has 7 aliphatic rings. The number of para-hydroxylation sites is 2. The molecule has 4 amide bonds. The van der Waals surface area contributed by atoms with E-state index in [1.807, 2.05) is 60.7 Å². The lowest BCUT2D eigenvalue weighted by molar-refractivity contribution is -0.384. The van der Waals surface area contributed by atoms with Crippen LogP contribution < -0.4 is 4.90 Å². The number of hydrogen-bond donors (Lipinski definition) is 0. The molecule has 3 aromatic carbocycles. The van der Waals surface area contributed by atoms with Crippen LogP contribution in [0.5, 0.6) is 0 Å². The summed E-state index contributed by atoms with van der Waals surface area (Å²) in [5, 5.41) is 17.6. The second kappa shape index (κ2) is 8.43.